The number of aryl methyl sites for hydroxylation is 1. The molecule has 1 aliphatic rings. The predicted octanol–water partition coefficient (Wildman–Crippen LogP) is 5.40. The van der Waals surface area contributed by atoms with Crippen LogP contribution in [0.2, 0.25) is 5.02 Å². The minimum absolute atomic E-state index is 0.0348. The first-order valence-corrected chi connectivity index (χ1v) is 13.5. The van der Waals surface area contributed by atoms with Crippen molar-refractivity contribution in [1.82, 2.24) is 5.32 Å². The summed E-state index contributed by atoms with van der Waals surface area (Å²) in [5.74, 6) is -1.88. The number of carbonyl (C=O) groups excluding carboxylic acids is 4. The van der Waals surface area contributed by atoms with Gasteiger partial charge in [0.05, 0.1) is 21.7 Å². The molecule has 3 aromatic rings. The molecular weight excluding hydrogens is 636 g/mol. The van der Waals surface area contributed by atoms with Gasteiger partial charge in [0.15, 0.2) is 18.1 Å². The van der Waals surface area contributed by atoms with Crippen molar-refractivity contribution in [1.29, 1.82) is 0 Å². The Morgan fingerprint density at radius 1 is 1.12 bits per heavy atom. The predicted molar refractivity (Wildman–Crippen MR) is 158 cm³/mol. The van der Waals surface area contributed by atoms with E-state index in [9.17, 15) is 29.3 Å². The SMILES string of the molecule is CCOc1cc(/C=C2/C(=O)NC(=O)N(c3ccc([N+](=O)[O-])cc3)C2=O)cc(Br)c1OCC(=O)Nc1ccc(C)c(Cl)c1. The van der Waals surface area contributed by atoms with Crippen LogP contribution in [0.4, 0.5) is 21.9 Å². The number of hydrogen-bond acceptors (Lipinski definition) is 8. The van der Waals surface area contributed by atoms with Crippen LogP contribution in [0.3, 0.4) is 0 Å². The van der Waals surface area contributed by atoms with E-state index < -0.39 is 28.7 Å². The summed E-state index contributed by atoms with van der Waals surface area (Å²) in [6, 6.07) is 11.9. The minimum Gasteiger partial charge on any atom is -0.490 e. The number of nitrogens with zero attached hydrogens (tertiary/aromatic N) is 2. The zero-order valence-corrected chi connectivity index (χ0v) is 24.4. The third kappa shape index (κ3) is 6.75. The molecule has 0 radical (unpaired) electrons. The van der Waals surface area contributed by atoms with Crippen LogP contribution in [0.5, 0.6) is 11.5 Å². The molecule has 1 fully saturated rings. The normalized spacial score (nSPS) is 14.0. The van der Waals surface area contributed by atoms with Crippen LogP contribution < -0.4 is 25.0 Å². The number of amides is 5. The van der Waals surface area contributed by atoms with Gasteiger partial charge >= 0.3 is 6.03 Å². The minimum atomic E-state index is -0.998. The zero-order chi connectivity index (χ0) is 30.6. The Bertz CT molecular complexity index is 1640. The van der Waals surface area contributed by atoms with Crippen molar-refractivity contribution < 1.29 is 33.6 Å². The molecular formula is C28H22BrClN4O8. The Labute approximate surface area is 252 Å². The second kappa shape index (κ2) is 12.8. The van der Waals surface area contributed by atoms with Gasteiger partial charge in [-0.3, -0.25) is 29.8 Å². The highest BCUT2D eigenvalue weighted by Crippen LogP contribution is 2.38. The van der Waals surface area contributed by atoms with E-state index in [0.29, 0.717) is 25.6 Å². The molecule has 0 aliphatic carbocycles. The number of rotatable bonds is 9. The van der Waals surface area contributed by atoms with E-state index in [1.807, 2.05) is 6.92 Å². The van der Waals surface area contributed by atoms with Crippen molar-refractivity contribution in [2.75, 3.05) is 23.4 Å². The van der Waals surface area contributed by atoms with E-state index in [4.69, 9.17) is 21.1 Å². The van der Waals surface area contributed by atoms with E-state index in [1.54, 1.807) is 25.1 Å². The molecule has 1 heterocycles. The van der Waals surface area contributed by atoms with Crippen molar-refractivity contribution in [3.63, 3.8) is 0 Å². The first-order valence-electron chi connectivity index (χ1n) is 12.3. The van der Waals surface area contributed by atoms with Crippen molar-refractivity contribution >= 4 is 74.4 Å². The summed E-state index contributed by atoms with van der Waals surface area (Å²) in [4.78, 5) is 61.8. The lowest BCUT2D eigenvalue weighted by Gasteiger charge is -2.26. The van der Waals surface area contributed by atoms with Crippen molar-refractivity contribution in [3.8, 4) is 11.5 Å². The van der Waals surface area contributed by atoms with Gasteiger partial charge in [0, 0.05) is 22.8 Å². The maximum atomic E-state index is 13.2. The van der Waals surface area contributed by atoms with Crippen LogP contribution >= 0.6 is 27.5 Å². The average Bonchev–Trinajstić information content (AvgIpc) is 2.93. The van der Waals surface area contributed by atoms with Gasteiger partial charge in [0.25, 0.3) is 23.4 Å². The molecule has 0 saturated carbocycles. The average molecular weight is 658 g/mol. The van der Waals surface area contributed by atoms with E-state index in [1.165, 1.54) is 30.3 Å². The second-order valence-corrected chi connectivity index (χ2v) is 10.1. The number of imide groups is 2. The van der Waals surface area contributed by atoms with Gasteiger partial charge in [-0.05, 0) is 83.4 Å². The van der Waals surface area contributed by atoms with E-state index in [2.05, 4.69) is 26.6 Å². The fourth-order valence-electron chi connectivity index (χ4n) is 3.86. The third-order valence-electron chi connectivity index (χ3n) is 5.87. The lowest BCUT2D eigenvalue weighted by molar-refractivity contribution is -0.384. The van der Waals surface area contributed by atoms with Crippen molar-refractivity contribution in [2.45, 2.75) is 13.8 Å². The van der Waals surface area contributed by atoms with Crippen LogP contribution in [0.15, 0.2) is 64.6 Å². The summed E-state index contributed by atoms with van der Waals surface area (Å²) >= 11 is 9.50. The number of nitrogens with one attached hydrogen (secondary N) is 2. The van der Waals surface area contributed by atoms with Gasteiger partial charge in [-0.1, -0.05) is 17.7 Å². The number of benzene rings is 3. The second-order valence-electron chi connectivity index (χ2n) is 8.80. The van der Waals surface area contributed by atoms with Crippen LogP contribution in [0.25, 0.3) is 6.08 Å². The van der Waals surface area contributed by atoms with Gasteiger partial charge in [-0.15, -0.1) is 0 Å². The lowest BCUT2D eigenvalue weighted by atomic mass is 10.1. The number of nitro benzene ring substituents is 1. The van der Waals surface area contributed by atoms with Gasteiger partial charge in [-0.25, -0.2) is 9.69 Å². The van der Waals surface area contributed by atoms with Crippen LogP contribution in [-0.2, 0) is 14.4 Å². The summed E-state index contributed by atoms with van der Waals surface area (Å²) in [5, 5.41) is 16.3. The highest BCUT2D eigenvalue weighted by molar-refractivity contribution is 9.10. The summed E-state index contributed by atoms with van der Waals surface area (Å²) in [5.41, 5.74) is 1.14. The number of carbonyl (C=O) groups is 4. The monoisotopic (exact) mass is 656 g/mol. The lowest BCUT2D eigenvalue weighted by Crippen LogP contribution is -2.54. The smallest absolute Gasteiger partial charge is 0.335 e. The largest absolute Gasteiger partial charge is 0.490 e. The number of halogens is 2. The van der Waals surface area contributed by atoms with Gasteiger partial charge in [-0.2, -0.15) is 0 Å². The molecule has 1 aliphatic heterocycles. The molecule has 42 heavy (non-hydrogen) atoms. The molecule has 216 valence electrons. The van der Waals surface area contributed by atoms with Crippen molar-refractivity contribution in [3.05, 3.63) is 90.9 Å². The summed E-state index contributed by atoms with van der Waals surface area (Å²) in [6.45, 7) is 3.45. The molecule has 0 bridgehead atoms. The fraction of sp³-hybridized carbons (Fsp3) is 0.143. The highest BCUT2D eigenvalue weighted by atomic mass is 79.9. The third-order valence-corrected chi connectivity index (χ3v) is 6.86. The molecule has 4 rings (SSSR count). The Balaban J connectivity index is 1.57. The maximum Gasteiger partial charge on any atom is 0.335 e. The molecule has 0 unspecified atom stereocenters. The molecule has 12 nitrogen and oxygen atoms in total. The first-order chi connectivity index (χ1) is 20.0. The topological polar surface area (TPSA) is 157 Å². The maximum absolute atomic E-state index is 13.2. The van der Waals surface area contributed by atoms with Gasteiger partial charge in [0.1, 0.15) is 5.57 Å². The Morgan fingerprint density at radius 2 is 1.83 bits per heavy atom. The molecule has 0 spiro atoms. The van der Waals surface area contributed by atoms with E-state index >= 15 is 0 Å². The van der Waals surface area contributed by atoms with Gasteiger partial charge < -0.3 is 14.8 Å². The van der Waals surface area contributed by atoms with Crippen molar-refractivity contribution in [2.24, 2.45) is 0 Å². The zero-order valence-electron chi connectivity index (χ0n) is 22.1. The highest BCUT2D eigenvalue weighted by Gasteiger charge is 2.37. The summed E-state index contributed by atoms with van der Waals surface area (Å²) < 4.78 is 11.8. The number of barbiturate groups is 1. The number of nitro groups is 1. The van der Waals surface area contributed by atoms with Gasteiger partial charge in [0.2, 0.25) is 0 Å². The molecule has 3 aromatic carbocycles. The Morgan fingerprint density at radius 3 is 2.48 bits per heavy atom. The first kappa shape index (κ1) is 30.2. The Hall–Kier alpha value is -4.75. The van der Waals surface area contributed by atoms with Crippen LogP contribution in [-0.4, -0.2) is 41.9 Å². The quantitative estimate of drug-likeness (QED) is 0.134. The van der Waals surface area contributed by atoms with Crippen LogP contribution in [0, 0.1) is 17.0 Å². The molecule has 14 heteroatoms. The van der Waals surface area contributed by atoms with E-state index in [0.717, 1.165) is 17.7 Å². The molecule has 0 aromatic heterocycles. The molecule has 1 saturated heterocycles. The number of anilines is 2. The molecule has 5 amide bonds. The number of hydrogen-bond donors (Lipinski definition) is 2. The number of urea groups is 1. The number of non-ortho nitro benzene ring substituents is 1. The number of ether oxygens (including phenoxy) is 2. The van der Waals surface area contributed by atoms with E-state index in [-0.39, 0.29) is 41.7 Å². The summed E-state index contributed by atoms with van der Waals surface area (Å²) in [6.07, 6.45) is 1.26. The van der Waals surface area contributed by atoms with Crippen LogP contribution in [0.1, 0.15) is 18.1 Å². The standard InChI is InChI=1S/C28H22BrClN4O8/c1-3-41-23-12-16(11-21(29)25(23)42-14-24(35)31-17-5-4-15(2)22(30)13-17)10-20-26(36)32-28(38)33(27(20)37)18-6-8-19(9-7-18)34(39)40/h4-13H,3,14H2,1-2H3,(H,31,35)(H,32,36,38)/b20-10-. The summed E-state index contributed by atoms with van der Waals surface area (Å²) in [7, 11) is 0. The fourth-order valence-corrected chi connectivity index (χ4v) is 4.62. The molecule has 2 N–H and O–H groups in total. The Kier molecular flexibility index (Phi) is 9.23. The molecule has 0 atom stereocenters.